The van der Waals surface area contributed by atoms with Crippen molar-refractivity contribution in [3.05, 3.63) is 54.6 Å². The number of nitrogens with one attached hydrogen (secondary N) is 2. The minimum absolute atomic E-state index is 0.0619. The monoisotopic (exact) mass is 450 g/mol. The van der Waals surface area contributed by atoms with E-state index >= 15 is 0 Å². The Morgan fingerprint density at radius 3 is 2.10 bits per heavy atom. The molecule has 2 rings (SSSR count). The maximum absolute atomic E-state index is 12.8. The van der Waals surface area contributed by atoms with E-state index in [1.54, 1.807) is 32.9 Å². The summed E-state index contributed by atoms with van der Waals surface area (Å²) in [6, 6.07) is 14.1. The Bertz CT molecular complexity index is 969. The van der Waals surface area contributed by atoms with Crippen molar-refractivity contribution in [3.8, 4) is 0 Å². The van der Waals surface area contributed by atoms with Crippen LogP contribution in [0, 0.1) is 0 Å². The average Bonchev–Trinajstić information content (AvgIpc) is 2.66. The van der Waals surface area contributed by atoms with Gasteiger partial charge < -0.3 is 15.4 Å². The van der Waals surface area contributed by atoms with E-state index in [9.17, 15) is 18.0 Å². The third-order valence-electron chi connectivity index (χ3n) is 3.83. The normalized spacial score (nSPS) is 12.7. The van der Waals surface area contributed by atoms with Gasteiger partial charge in [-0.3, -0.25) is 0 Å². The van der Waals surface area contributed by atoms with Crippen LogP contribution < -0.4 is 10.6 Å². The lowest BCUT2D eigenvalue weighted by molar-refractivity contribution is -0.142. The number of carbonyl (C=O) groups excluding carboxylic acids is 2. The van der Waals surface area contributed by atoms with Gasteiger partial charge in [0.25, 0.3) is 0 Å². The van der Waals surface area contributed by atoms with Gasteiger partial charge in [-0.25, -0.2) is 18.0 Å². The SMILES string of the molecule is COC(=O)C(CS(=O)(=O)c1ccc(Sc2ccccc2)cc1)NC(=O)NC(C)(C)C. The number of hydrogen-bond acceptors (Lipinski definition) is 6. The van der Waals surface area contributed by atoms with Crippen LogP contribution in [0.5, 0.6) is 0 Å². The molecule has 0 bridgehead atoms. The predicted molar refractivity (Wildman–Crippen MR) is 116 cm³/mol. The number of methoxy groups -OCH3 is 1. The molecule has 0 aliphatic rings. The van der Waals surface area contributed by atoms with Crippen LogP contribution in [0.15, 0.2) is 69.3 Å². The van der Waals surface area contributed by atoms with Crippen LogP contribution in [0.3, 0.4) is 0 Å². The summed E-state index contributed by atoms with van der Waals surface area (Å²) in [4.78, 5) is 26.1. The first-order chi connectivity index (χ1) is 14.0. The van der Waals surface area contributed by atoms with E-state index in [0.29, 0.717) is 0 Å². The van der Waals surface area contributed by atoms with Crippen LogP contribution in [0.2, 0.25) is 0 Å². The molecule has 0 saturated carbocycles. The van der Waals surface area contributed by atoms with Crippen LogP contribution in [-0.4, -0.2) is 44.9 Å². The predicted octanol–water partition coefficient (Wildman–Crippen LogP) is 3.25. The molecule has 2 amide bonds. The van der Waals surface area contributed by atoms with E-state index in [2.05, 4.69) is 15.4 Å². The number of hydrogen-bond donors (Lipinski definition) is 2. The van der Waals surface area contributed by atoms with Crippen molar-refractivity contribution in [1.82, 2.24) is 10.6 Å². The number of rotatable bonds is 7. The summed E-state index contributed by atoms with van der Waals surface area (Å²) in [5, 5.41) is 5.02. The second-order valence-electron chi connectivity index (χ2n) is 7.59. The van der Waals surface area contributed by atoms with Crippen LogP contribution in [0.25, 0.3) is 0 Å². The fraction of sp³-hybridized carbons (Fsp3) is 0.333. The number of sulfone groups is 1. The Hall–Kier alpha value is -2.52. The zero-order chi connectivity index (χ0) is 22.4. The van der Waals surface area contributed by atoms with Gasteiger partial charge in [-0.15, -0.1) is 0 Å². The van der Waals surface area contributed by atoms with E-state index < -0.39 is 39.2 Å². The van der Waals surface area contributed by atoms with Crippen molar-refractivity contribution in [2.24, 2.45) is 0 Å². The summed E-state index contributed by atoms with van der Waals surface area (Å²) in [7, 11) is -2.71. The molecule has 0 saturated heterocycles. The van der Waals surface area contributed by atoms with Crippen molar-refractivity contribution in [1.29, 1.82) is 0 Å². The van der Waals surface area contributed by atoms with Gasteiger partial charge in [-0.05, 0) is 57.2 Å². The second kappa shape index (κ2) is 9.99. The van der Waals surface area contributed by atoms with Crippen molar-refractivity contribution in [3.63, 3.8) is 0 Å². The molecule has 0 aliphatic carbocycles. The Morgan fingerprint density at radius 2 is 1.57 bits per heavy atom. The maximum atomic E-state index is 12.8. The standard InChI is InChI=1S/C21H26N2O5S2/c1-21(2,3)23-20(25)22-18(19(24)28-4)14-30(26,27)17-12-10-16(11-13-17)29-15-8-6-5-7-9-15/h5-13,18H,14H2,1-4H3,(H2,22,23,25). The fourth-order valence-corrected chi connectivity index (χ4v) is 4.74. The molecule has 2 N–H and O–H groups in total. The summed E-state index contributed by atoms with van der Waals surface area (Å²) in [6.07, 6.45) is 0. The van der Waals surface area contributed by atoms with Gasteiger partial charge in [0.15, 0.2) is 9.84 Å². The van der Waals surface area contributed by atoms with E-state index in [1.165, 1.54) is 23.9 Å². The highest BCUT2D eigenvalue weighted by atomic mass is 32.2. The molecule has 7 nitrogen and oxygen atoms in total. The Labute approximate surface area is 181 Å². The van der Waals surface area contributed by atoms with Crippen molar-refractivity contribution >= 4 is 33.6 Å². The van der Waals surface area contributed by atoms with Crippen LogP contribution in [-0.2, 0) is 19.4 Å². The van der Waals surface area contributed by atoms with Crippen molar-refractivity contribution in [2.75, 3.05) is 12.9 Å². The molecule has 0 aromatic heterocycles. The first-order valence-corrected chi connectivity index (χ1v) is 11.7. The number of carbonyl (C=O) groups is 2. The average molecular weight is 451 g/mol. The zero-order valence-electron chi connectivity index (χ0n) is 17.3. The highest BCUT2D eigenvalue weighted by molar-refractivity contribution is 7.99. The van der Waals surface area contributed by atoms with Gasteiger partial charge in [-0.2, -0.15) is 0 Å². The second-order valence-corrected chi connectivity index (χ2v) is 10.8. The molecule has 0 fully saturated rings. The van der Waals surface area contributed by atoms with Crippen LogP contribution in [0.4, 0.5) is 4.79 Å². The van der Waals surface area contributed by atoms with Crippen molar-refractivity contribution in [2.45, 2.75) is 47.0 Å². The van der Waals surface area contributed by atoms with E-state index in [4.69, 9.17) is 0 Å². The molecule has 0 heterocycles. The summed E-state index contributed by atoms with van der Waals surface area (Å²) >= 11 is 1.51. The van der Waals surface area contributed by atoms with Gasteiger partial charge in [0.05, 0.1) is 17.8 Å². The van der Waals surface area contributed by atoms with Gasteiger partial charge in [0.2, 0.25) is 0 Å². The highest BCUT2D eigenvalue weighted by Gasteiger charge is 2.30. The molecule has 1 unspecified atom stereocenters. The van der Waals surface area contributed by atoms with E-state index in [-0.39, 0.29) is 4.90 Å². The molecule has 0 radical (unpaired) electrons. The fourth-order valence-electron chi connectivity index (χ4n) is 2.50. The number of amides is 2. The Kier molecular flexibility index (Phi) is 7.91. The molecule has 0 aliphatic heterocycles. The Morgan fingerprint density at radius 1 is 1.00 bits per heavy atom. The van der Waals surface area contributed by atoms with Gasteiger partial charge in [-0.1, -0.05) is 30.0 Å². The lowest BCUT2D eigenvalue weighted by Gasteiger charge is -2.23. The first kappa shape index (κ1) is 23.8. The summed E-state index contributed by atoms with van der Waals surface area (Å²) < 4.78 is 30.3. The zero-order valence-corrected chi connectivity index (χ0v) is 19.0. The quantitative estimate of drug-likeness (QED) is 0.628. The minimum Gasteiger partial charge on any atom is -0.467 e. The summed E-state index contributed by atoms with van der Waals surface area (Å²) in [5.41, 5.74) is -0.546. The molecular weight excluding hydrogens is 424 g/mol. The smallest absolute Gasteiger partial charge is 0.329 e. The van der Waals surface area contributed by atoms with Gasteiger partial charge >= 0.3 is 12.0 Å². The lowest BCUT2D eigenvalue weighted by Crippen LogP contribution is -2.53. The van der Waals surface area contributed by atoms with Crippen LogP contribution >= 0.6 is 11.8 Å². The largest absolute Gasteiger partial charge is 0.467 e. The van der Waals surface area contributed by atoms with Crippen LogP contribution in [0.1, 0.15) is 20.8 Å². The molecule has 30 heavy (non-hydrogen) atoms. The summed E-state index contributed by atoms with van der Waals surface area (Å²) in [6.45, 7) is 5.31. The number of esters is 1. The number of ether oxygens (including phenoxy) is 1. The summed E-state index contributed by atoms with van der Waals surface area (Å²) in [5.74, 6) is -1.44. The van der Waals surface area contributed by atoms with E-state index in [1.807, 2.05) is 30.3 Å². The number of urea groups is 1. The third-order valence-corrected chi connectivity index (χ3v) is 6.61. The maximum Gasteiger partial charge on any atom is 0.329 e. The molecule has 0 spiro atoms. The van der Waals surface area contributed by atoms with Gasteiger partial charge in [0.1, 0.15) is 6.04 Å². The minimum atomic E-state index is -3.85. The first-order valence-electron chi connectivity index (χ1n) is 9.22. The molecule has 2 aromatic rings. The Balaban J connectivity index is 2.13. The molecule has 9 heteroatoms. The molecular formula is C21H26N2O5S2. The highest BCUT2D eigenvalue weighted by Crippen LogP contribution is 2.28. The third kappa shape index (κ3) is 7.38. The molecule has 2 aromatic carbocycles. The van der Waals surface area contributed by atoms with Gasteiger partial charge in [0, 0.05) is 15.3 Å². The lowest BCUT2D eigenvalue weighted by atomic mass is 10.1. The molecule has 1 atom stereocenters. The van der Waals surface area contributed by atoms with E-state index in [0.717, 1.165) is 16.9 Å². The van der Waals surface area contributed by atoms with Crippen molar-refractivity contribution < 1.29 is 22.7 Å². The molecule has 162 valence electrons. The number of benzene rings is 2. The topological polar surface area (TPSA) is 102 Å².